The number of thiophene rings is 1. The molecule has 3 heterocycles. The molecule has 0 saturated carbocycles. The zero-order valence-corrected chi connectivity index (χ0v) is 17.1. The van der Waals surface area contributed by atoms with Gasteiger partial charge in [-0.15, -0.1) is 23.7 Å². The van der Waals surface area contributed by atoms with Crippen molar-refractivity contribution in [1.82, 2.24) is 14.9 Å². The number of nitrogens with one attached hydrogen (secondary N) is 2. The Morgan fingerprint density at radius 2 is 2.12 bits per heavy atom. The third kappa shape index (κ3) is 5.83. The average molecular weight is 426 g/mol. The first-order valence-corrected chi connectivity index (χ1v) is 11.7. The third-order valence-corrected chi connectivity index (χ3v) is 8.40. The second-order valence-electron chi connectivity index (χ2n) is 6.14. The Hall–Kier alpha value is -0.320. The van der Waals surface area contributed by atoms with Crippen LogP contribution in [0.5, 0.6) is 0 Å². The molecule has 1 aromatic rings. The lowest BCUT2D eigenvalue weighted by atomic mass is 10.1. The van der Waals surface area contributed by atoms with Crippen molar-refractivity contribution < 1.29 is 13.2 Å². The molecule has 1 atom stereocenters. The van der Waals surface area contributed by atoms with Crippen molar-refractivity contribution >= 4 is 51.4 Å². The third-order valence-electron chi connectivity index (χ3n) is 4.35. The van der Waals surface area contributed by atoms with Crippen LogP contribution in [0.15, 0.2) is 21.7 Å². The van der Waals surface area contributed by atoms with Gasteiger partial charge in [-0.2, -0.15) is 11.8 Å². The summed E-state index contributed by atoms with van der Waals surface area (Å²) in [6, 6.07) is 3.52. The van der Waals surface area contributed by atoms with Crippen LogP contribution < -0.4 is 10.0 Å². The van der Waals surface area contributed by atoms with Crippen LogP contribution in [0.4, 0.5) is 0 Å². The fourth-order valence-electron chi connectivity index (χ4n) is 3.03. The molecule has 2 saturated heterocycles. The lowest BCUT2D eigenvalue weighted by Gasteiger charge is -2.33. The van der Waals surface area contributed by atoms with Crippen molar-refractivity contribution in [3.8, 4) is 0 Å². The first kappa shape index (κ1) is 21.0. The Morgan fingerprint density at radius 3 is 2.72 bits per heavy atom. The number of piperidine rings is 1. The molecule has 6 nitrogen and oxygen atoms in total. The molecule has 25 heavy (non-hydrogen) atoms. The van der Waals surface area contributed by atoms with Crippen LogP contribution in [0, 0.1) is 0 Å². The molecule has 10 heteroatoms. The van der Waals surface area contributed by atoms with Crippen LogP contribution in [0.3, 0.4) is 0 Å². The summed E-state index contributed by atoms with van der Waals surface area (Å²) in [6.45, 7) is 2.21. The fourth-order valence-corrected chi connectivity index (χ4v) is 6.29. The summed E-state index contributed by atoms with van der Waals surface area (Å²) in [4.78, 5) is 14.3. The molecule has 2 aliphatic heterocycles. The van der Waals surface area contributed by atoms with E-state index in [1.54, 1.807) is 17.5 Å². The molecule has 0 bridgehead atoms. The molecule has 3 rings (SSSR count). The summed E-state index contributed by atoms with van der Waals surface area (Å²) in [5, 5.41) is 5.14. The van der Waals surface area contributed by atoms with Crippen molar-refractivity contribution in [1.29, 1.82) is 0 Å². The molecular formula is C15H24ClN3O3S3. The number of hydrogen-bond acceptors (Lipinski definition) is 6. The molecule has 1 unspecified atom stereocenters. The molecule has 0 aromatic carbocycles. The van der Waals surface area contributed by atoms with Gasteiger partial charge in [-0.3, -0.25) is 4.79 Å². The summed E-state index contributed by atoms with van der Waals surface area (Å²) >= 11 is 3.11. The maximum absolute atomic E-state index is 12.4. The second kappa shape index (κ2) is 9.57. The fraction of sp³-hybridized carbons (Fsp3) is 0.667. The Bertz CT molecular complexity index is 640. The van der Waals surface area contributed by atoms with Crippen LogP contribution in [0.1, 0.15) is 19.3 Å². The van der Waals surface area contributed by atoms with E-state index < -0.39 is 10.0 Å². The quantitative estimate of drug-likeness (QED) is 0.748. The van der Waals surface area contributed by atoms with E-state index in [1.165, 1.54) is 11.3 Å². The Labute approximate surface area is 163 Å². The summed E-state index contributed by atoms with van der Waals surface area (Å²) in [7, 11) is -3.42. The van der Waals surface area contributed by atoms with Crippen molar-refractivity contribution in [3.05, 3.63) is 17.5 Å². The number of nitrogens with zero attached hydrogens (tertiary/aromatic N) is 1. The largest absolute Gasteiger partial charge is 0.343 e. The minimum atomic E-state index is -3.42. The van der Waals surface area contributed by atoms with Crippen LogP contribution in [0.2, 0.25) is 0 Å². The number of amides is 1. The van der Waals surface area contributed by atoms with E-state index in [2.05, 4.69) is 10.0 Å². The minimum absolute atomic E-state index is 0. The second-order valence-corrected chi connectivity index (χ2v) is 10.2. The molecular weight excluding hydrogens is 402 g/mol. The van der Waals surface area contributed by atoms with Gasteiger partial charge in [-0.05, 0) is 24.3 Å². The number of hydrogen-bond donors (Lipinski definition) is 2. The SMILES string of the molecule is Cl.O=C(CC1CSCCN1)N1CCC(NS(=O)(=O)c2cccs2)CC1. The summed E-state index contributed by atoms with van der Waals surface area (Å²) < 4.78 is 27.6. The summed E-state index contributed by atoms with van der Waals surface area (Å²) in [6.07, 6.45) is 1.88. The normalized spacial score (nSPS) is 22.4. The molecule has 0 radical (unpaired) electrons. The predicted molar refractivity (Wildman–Crippen MR) is 105 cm³/mol. The lowest BCUT2D eigenvalue weighted by molar-refractivity contribution is -0.132. The maximum Gasteiger partial charge on any atom is 0.250 e. The highest BCUT2D eigenvalue weighted by atomic mass is 35.5. The van der Waals surface area contributed by atoms with Gasteiger partial charge >= 0.3 is 0 Å². The number of rotatable bonds is 5. The van der Waals surface area contributed by atoms with E-state index >= 15 is 0 Å². The standard InChI is InChI=1S/C15H23N3O3S3.ClH/c19-14(10-13-11-22-9-5-16-13)18-6-3-12(4-7-18)17-24(20,21)15-2-1-8-23-15;/h1-2,8,12-13,16-17H,3-7,9-11H2;1H. The summed E-state index contributed by atoms with van der Waals surface area (Å²) in [5.74, 6) is 2.28. The van der Waals surface area contributed by atoms with Crippen molar-refractivity contribution in [2.75, 3.05) is 31.1 Å². The number of sulfonamides is 1. The highest BCUT2D eigenvalue weighted by molar-refractivity contribution is 7.99. The van der Waals surface area contributed by atoms with Gasteiger partial charge in [-0.1, -0.05) is 6.07 Å². The van der Waals surface area contributed by atoms with E-state index in [0.717, 1.165) is 18.1 Å². The molecule has 2 aliphatic rings. The molecule has 2 N–H and O–H groups in total. The predicted octanol–water partition coefficient (Wildman–Crippen LogP) is 1.53. The zero-order chi connectivity index (χ0) is 17.0. The van der Waals surface area contributed by atoms with Crippen molar-refractivity contribution in [2.24, 2.45) is 0 Å². The van der Waals surface area contributed by atoms with Crippen LogP contribution in [-0.4, -0.2) is 62.4 Å². The zero-order valence-electron chi connectivity index (χ0n) is 13.8. The maximum atomic E-state index is 12.4. The number of carbonyl (C=O) groups excluding carboxylic acids is 1. The Balaban J connectivity index is 0.00000225. The molecule has 2 fully saturated rings. The summed E-state index contributed by atoms with van der Waals surface area (Å²) in [5.41, 5.74) is 0. The average Bonchev–Trinajstić information content (AvgIpc) is 3.11. The van der Waals surface area contributed by atoms with Crippen LogP contribution in [0.25, 0.3) is 0 Å². The van der Waals surface area contributed by atoms with E-state index in [4.69, 9.17) is 0 Å². The highest BCUT2D eigenvalue weighted by Gasteiger charge is 2.28. The topological polar surface area (TPSA) is 78.5 Å². The van der Waals surface area contributed by atoms with E-state index in [9.17, 15) is 13.2 Å². The van der Waals surface area contributed by atoms with Gasteiger partial charge in [0.1, 0.15) is 4.21 Å². The van der Waals surface area contributed by atoms with Crippen molar-refractivity contribution in [3.63, 3.8) is 0 Å². The van der Waals surface area contributed by atoms with Gasteiger partial charge in [-0.25, -0.2) is 13.1 Å². The van der Waals surface area contributed by atoms with Crippen LogP contribution in [-0.2, 0) is 14.8 Å². The van der Waals surface area contributed by atoms with Gasteiger partial charge in [0.05, 0.1) is 0 Å². The first-order chi connectivity index (χ1) is 11.5. The van der Waals surface area contributed by atoms with Gasteiger partial charge < -0.3 is 10.2 Å². The highest BCUT2D eigenvalue weighted by Crippen LogP contribution is 2.19. The van der Waals surface area contributed by atoms with E-state index in [0.29, 0.717) is 36.6 Å². The van der Waals surface area contributed by atoms with Crippen molar-refractivity contribution in [2.45, 2.75) is 35.6 Å². The molecule has 0 spiro atoms. The molecule has 1 amide bonds. The molecule has 0 aliphatic carbocycles. The lowest BCUT2D eigenvalue weighted by Crippen LogP contribution is -2.48. The number of carbonyl (C=O) groups is 1. The Kier molecular flexibility index (Phi) is 8.03. The number of halogens is 1. The van der Waals surface area contributed by atoms with Gasteiger partial charge in [0, 0.05) is 49.6 Å². The van der Waals surface area contributed by atoms with Gasteiger partial charge in [0.25, 0.3) is 0 Å². The monoisotopic (exact) mass is 425 g/mol. The van der Waals surface area contributed by atoms with E-state index in [1.807, 2.05) is 16.7 Å². The molecule has 1 aromatic heterocycles. The van der Waals surface area contributed by atoms with Gasteiger partial charge in [0.2, 0.25) is 15.9 Å². The number of thioether (sulfide) groups is 1. The molecule has 142 valence electrons. The number of likely N-dealkylation sites (tertiary alicyclic amines) is 1. The minimum Gasteiger partial charge on any atom is -0.343 e. The van der Waals surface area contributed by atoms with E-state index in [-0.39, 0.29) is 30.4 Å². The van der Waals surface area contributed by atoms with Gasteiger partial charge in [0.15, 0.2) is 0 Å². The van der Waals surface area contributed by atoms with Crippen LogP contribution >= 0.6 is 35.5 Å². The Morgan fingerprint density at radius 1 is 1.36 bits per heavy atom. The first-order valence-electron chi connectivity index (χ1n) is 8.19. The smallest absolute Gasteiger partial charge is 0.250 e.